The summed E-state index contributed by atoms with van der Waals surface area (Å²) in [7, 11) is 0. The number of nitrogens with zero attached hydrogens (tertiary/aromatic N) is 2. The van der Waals surface area contributed by atoms with E-state index in [0.29, 0.717) is 17.1 Å². The van der Waals surface area contributed by atoms with Crippen LogP contribution < -0.4 is 21.3 Å². The molecule has 0 saturated carbocycles. The number of anilines is 4. The van der Waals surface area contributed by atoms with Gasteiger partial charge in [-0.3, -0.25) is 0 Å². The summed E-state index contributed by atoms with van der Waals surface area (Å²) in [4.78, 5) is 6.22. The second kappa shape index (κ2) is 10.4. The minimum Gasteiger partial charge on any atom is -0.380 e. The van der Waals surface area contributed by atoms with Gasteiger partial charge in [0.2, 0.25) is 0 Å². The number of hydrogen-bond acceptors (Lipinski definition) is 6. The van der Waals surface area contributed by atoms with Gasteiger partial charge >= 0.3 is 6.18 Å². The van der Waals surface area contributed by atoms with Crippen molar-refractivity contribution in [2.24, 2.45) is 5.73 Å². The zero-order valence-corrected chi connectivity index (χ0v) is 20.6. The molecular weight excluding hydrogens is 483 g/mol. The molecule has 0 atom stereocenters. The molecule has 0 aliphatic carbocycles. The van der Waals surface area contributed by atoms with E-state index < -0.39 is 11.7 Å². The summed E-state index contributed by atoms with van der Waals surface area (Å²) in [6, 6.07) is 8.91. The molecule has 186 valence electrons. The molecule has 2 fully saturated rings. The minimum atomic E-state index is -4.39. The third kappa shape index (κ3) is 5.37. The number of benzene rings is 2. The fraction of sp³-hybridized carbons (Fsp3) is 0.500. The van der Waals surface area contributed by atoms with Gasteiger partial charge in [-0.2, -0.15) is 13.2 Å². The van der Waals surface area contributed by atoms with E-state index in [1.165, 1.54) is 36.7 Å². The van der Waals surface area contributed by atoms with E-state index in [1.54, 1.807) is 0 Å². The van der Waals surface area contributed by atoms with E-state index in [9.17, 15) is 13.2 Å². The van der Waals surface area contributed by atoms with Crippen LogP contribution in [-0.4, -0.2) is 50.2 Å². The highest BCUT2D eigenvalue weighted by Gasteiger charge is 2.34. The van der Waals surface area contributed by atoms with Crippen molar-refractivity contribution in [2.75, 3.05) is 54.8 Å². The number of piperidine rings is 1. The third-order valence-corrected chi connectivity index (χ3v) is 7.84. The van der Waals surface area contributed by atoms with E-state index in [4.69, 9.17) is 5.73 Å². The molecule has 3 heterocycles. The van der Waals surface area contributed by atoms with Gasteiger partial charge in [-0.25, -0.2) is 0 Å². The van der Waals surface area contributed by atoms with Crippen LogP contribution in [0.3, 0.4) is 0 Å². The number of nitrogens with one attached hydrogen (secondary N) is 2. The third-order valence-electron chi connectivity index (χ3n) is 6.74. The molecule has 0 unspecified atom stereocenters. The van der Waals surface area contributed by atoms with E-state index in [2.05, 4.69) is 32.6 Å². The normalized spacial score (nSPS) is 18.6. The van der Waals surface area contributed by atoms with Gasteiger partial charge in [0, 0.05) is 60.8 Å². The number of halogens is 4. The minimum absolute atomic E-state index is 0. The highest BCUT2D eigenvalue weighted by atomic mass is 35.5. The number of likely N-dealkylation sites (tertiary alicyclic amines) is 1. The van der Waals surface area contributed by atoms with Gasteiger partial charge in [0.25, 0.3) is 0 Å². The summed E-state index contributed by atoms with van der Waals surface area (Å²) >= 11 is 1.42. The number of rotatable bonds is 5. The van der Waals surface area contributed by atoms with E-state index in [-0.39, 0.29) is 18.4 Å². The van der Waals surface area contributed by atoms with Crippen molar-refractivity contribution >= 4 is 46.9 Å². The Bertz CT molecular complexity index is 1000. The van der Waals surface area contributed by atoms with Gasteiger partial charge in [-0.15, -0.1) is 12.4 Å². The van der Waals surface area contributed by atoms with Crippen LogP contribution in [0, 0.1) is 0 Å². The molecule has 3 aliphatic heterocycles. The van der Waals surface area contributed by atoms with Crippen LogP contribution in [0.2, 0.25) is 0 Å². The van der Waals surface area contributed by atoms with Crippen LogP contribution in [0.1, 0.15) is 31.2 Å². The van der Waals surface area contributed by atoms with Crippen molar-refractivity contribution in [2.45, 2.75) is 47.7 Å². The summed E-state index contributed by atoms with van der Waals surface area (Å²) in [6.07, 6.45) is -0.267. The molecule has 0 amide bonds. The SMILES string of the molecule is Cl.NCCN1CCC(Nc2cc(C(F)(F)F)cc3c2Nc2ccc(N4CCCC4)cc2S3)CC1. The summed E-state index contributed by atoms with van der Waals surface area (Å²) in [6.45, 7) is 5.35. The first-order valence-electron chi connectivity index (χ1n) is 11.7. The lowest BCUT2D eigenvalue weighted by atomic mass is 10.0. The Morgan fingerprint density at radius 3 is 2.44 bits per heavy atom. The standard InChI is InChI=1S/C24H30F3N5S.ClH/c25-24(26,27)16-13-20(29-17-5-10-31(11-6-17)12-7-28)23-22(14-16)33-21-15-18(3-4-19(21)30-23)32-8-1-2-9-32;/h3-4,13-15,17,29-30H,1-2,5-12,28H2;1H. The van der Waals surface area contributed by atoms with Crippen LogP contribution in [0.5, 0.6) is 0 Å². The molecule has 2 aromatic rings. The quantitative estimate of drug-likeness (QED) is 0.402. The lowest BCUT2D eigenvalue weighted by Crippen LogP contribution is -2.41. The first kappa shape index (κ1) is 25.3. The zero-order chi connectivity index (χ0) is 23.0. The summed E-state index contributed by atoms with van der Waals surface area (Å²) in [5.41, 5.74) is 8.38. The lowest BCUT2D eigenvalue weighted by molar-refractivity contribution is -0.137. The maximum atomic E-state index is 13.7. The van der Waals surface area contributed by atoms with Crippen LogP contribution in [0.25, 0.3) is 0 Å². The Hall–Kier alpha value is -1.81. The fourth-order valence-electron chi connectivity index (χ4n) is 4.93. The predicted octanol–water partition coefficient (Wildman–Crippen LogP) is 5.77. The Morgan fingerprint density at radius 2 is 1.76 bits per heavy atom. The van der Waals surface area contributed by atoms with Gasteiger partial charge in [-0.1, -0.05) is 11.8 Å². The number of hydrogen-bond donors (Lipinski definition) is 3. The van der Waals surface area contributed by atoms with Gasteiger partial charge in [0.15, 0.2) is 0 Å². The molecule has 5 rings (SSSR count). The van der Waals surface area contributed by atoms with Crippen LogP contribution >= 0.6 is 24.2 Å². The fourth-order valence-corrected chi connectivity index (χ4v) is 6.02. The topological polar surface area (TPSA) is 56.6 Å². The molecule has 3 aliphatic rings. The van der Waals surface area contributed by atoms with Crippen LogP contribution in [0.4, 0.5) is 35.9 Å². The highest BCUT2D eigenvalue weighted by Crippen LogP contribution is 2.50. The summed E-state index contributed by atoms with van der Waals surface area (Å²) in [5, 5.41) is 6.86. The van der Waals surface area contributed by atoms with Crippen LogP contribution in [-0.2, 0) is 6.18 Å². The largest absolute Gasteiger partial charge is 0.416 e. The first-order chi connectivity index (χ1) is 15.9. The summed E-state index contributed by atoms with van der Waals surface area (Å²) < 4.78 is 41.2. The zero-order valence-electron chi connectivity index (χ0n) is 19.0. The Balaban J connectivity index is 0.00000274. The molecule has 0 radical (unpaired) electrons. The van der Waals surface area contributed by atoms with Gasteiger partial charge in [0.1, 0.15) is 0 Å². The van der Waals surface area contributed by atoms with Crippen molar-refractivity contribution < 1.29 is 13.2 Å². The molecule has 0 aromatic heterocycles. The van der Waals surface area contributed by atoms with Crippen molar-refractivity contribution in [1.29, 1.82) is 0 Å². The second-order valence-corrected chi connectivity index (χ2v) is 10.1. The number of alkyl halides is 3. The summed E-state index contributed by atoms with van der Waals surface area (Å²) in [5.74, 6) is 0. The van der Waals surface area contributed by atoms with Crippen molar-refractivity contribution in [3.63, 3.8) is 0 Å². The van der Waals surface area contributed by atoms with Crippen molar-refractivity contribution in [3.05, 3.63) is 35.9 Å². The van der Waals surface area contributed by atoms with E-state index >= 15 is 0 Å². The molecule has 0 bridgehead atoms. The Morgan fingerprint density at radius 1 is 1.03 bits per heavy atom. The van der Waals surface area contributed by atoms with Gasteiger partial charge in [-0.05, 0) is 56.0 Å². The molecule has 2 saturated heterocycles. The maximum absolute atomic E-state index is 13.7. The van der Waals surface area contributed by atoms with Gasteiger partial charge in [0.05, 0.1) is 22.6 Å². The van der Waals surface area contributed by atoms with E-state index in [1.807, 2.05) is 6.07 Å². The molecule has 2 aromatic carbocycles. The Kier molecular flexibility index (Phi) is 7.76. The predicted molar refractivity (Wildman–Crippen MR) is 136 cm³/mol. The molecular formula is C24H31ClF3N5S. The highest BCUT2D eigenvalue weighted by molar-refractivity contribution is 7.99. The second-order valence-electron chi connectivity index (χ2n) is 9.05. The molecule has 10 heteroatoms. The lowest BCUT2D eigenvalue weighted by Gasteiger charge is -2.34. The average molecular weight is 514 g/mol. The van der Waals surface area contributed by atoms with Crippen LogP contribution in [0.15, 0.2) is 40.1 Å². The molecule has 4 N–H and O–H groups in total. The Labute approximate surface area is 209 Å². The smallest absolute Gasteiger partial charge is 0.380 e. The number of fused-ring (bicyclic) bond motifs is 2. The molecule has 0 spiro atoms. The molecule has 5 nitrogen and oxygen atoms in total. The first-order valence-corrected chi connectivity index (χ1v) is 12.5. The monoisotopic (exact) mass is 513 g/mol. The van der Waals surface area contributed by atoms with Gasteiger partial charge < -0.3 is 26.2 Å². The maximum Gasteiger partial charge on any atom is 0.416 e. The molecule has 34 heavy (non-hydrogen) atoms. The average Bonchev–Trinajstić information content (AvgIpc) is 3.33. The van der Waals surface area contributed by atoms with Crippen molar-refractivity contribution in [3.8, 4) is 0 Å². The van der Waals surface area contributed by atoms with Crippen molar-refractivity contribution in [1.82, 2.24) is 4.90 Å². The van der Waals surface area contributed by atoms with E-state index in [0.717, 1.165) is 67.5 Å². The number of nitrogens with two attached hydrogens (primary N) is 1.